The van der Waals surface area contributed by atoms with Gasteiger partial charge in [-0.05, 0) is 49.2 Å². The minimum absolute atomic E-state index is 0.211. The van der Waals surface area contributed by atoms with Gasteiger partial charge in [-0.2, -0.15) is 0 Å². The molecule has 0 spiro atoms. The summed E-state index contributed by atoms with van der Waals surface area (Å²) in [6.07, 6.45) is 0.695. The van der Waals surface area contributed by atoms with E-state index in [1.54, 1.807) is 14.0 Å². The minimum Gasteiger partial charge on any atom is -0.355 e. The van der Waals surface area contributed by atoms with E-state index in [2.05, 4.69) is 21.2 Å². The molecule has 2 heterocycles. The van der Waals surface area contributed by atoms with Gasteiger partial charge in [0.05, 0.1) is 11.4 Å². The van der Waals surface area contributed by atoms with Crippen LogP contribution in [0.3, 0.4) is 0 Å². The Kier molecular flexibility index (Phi) is 5.88. The lowest BCUT2D eigenvalue weighted by atomic mass is 10.1. The number of para-hydroxylation sites is 1. The SMILES string of the molecule is CCc1ccccc1-n1c(=O)n(CC)c(=O)c2c(Nc3ccc(Br)cc3)cc(=O)n(C)c21. The molecule has 164 valence electrons. The van der Waals surface area contributed by atoms with Gasteiger partial charge in [-0.25, -0.2) is 9.36 Å². The number of aryl methyl sites for hydroxylation is 2. The molecule has 0 aliphatic heterocycles. The fourth-order valence-corrected chi connectivity index (χ4v) is 4.17. The van der Waals surface area contributed by atoms with Crippen LogP contribution in [-0.2, 0) is 20.0 Å². The number of nitrogens with one attached hydrogen (secondary N) is 1. The molecule has 7 nitrogen and oxygen atoms in total. The molecule has 2 aromatic carbocycles. The normalized spacial score (nSPS) is 11.1. The summed E-state index contributed by atoms with van der Waals surface area (Å²) < 4.78 is 4.95. The van der Waals surface area contributed by atoms with Crippen LogP contribution in [0, 0.1) is 0 Å². The van der Waals surface area contributed by atoms with Crippen molar-refractivity contribution >= 4 is 38.3 Å². The first-order chi connectivity index (χ1) is 15.4. The highest BCUT2D eigenvalue weighted by atomic mass is 79.9. The highest BCUT2D eigenvalue weighted by molar-refractivity contribution is 9.10. The van der Waals surface area contributed by atoms with Crippen molar-refractivity contribution < 1.29 is 0 Å². The molecule has 0 saturated carbocycles. The maximum Gasteiger partial charge on any atom is 0.337 e. The zero-order valence-electron chi connectivity index (χ0n) is 18.1. The van der Waals surface area contributed by atoms with E-state index in [0.717, 1.165) is 15.7 Å². The van der Waals surface area contributed by atoms with Gasteiger partial charge < -0.3 is 5.32 Å². The summed E-state index contributed by atoms with van der Waals surface area (Å²) in [7, 11) is 1.58. The molecule has 0 saturated heterocycles. The van der Waals surface area contributed by atoms with E-state index in [4.69, 9.17) is 0 Å². The lowest BCUT2D eigenvalue weighted by Gasteiger charge is -2.19. The first-order valence-corrected chi connectivity index (χ1v) is 11.2. The van der Waals surface area contributed by atoms with Gasteiger partial charge in [0.2, 0.25) is 0 Å². The third-order valence-corrected chi connectivity index (χ3v) is 6.08. The molecular formula is C24H23BrN4O3. The number of rotatable bonds is 5. The summed E-state index contributed by atoms with van der Waals surface area (Å²) in [6.45, 7) is 3.97. The number of anilines is 2. The van der Waals surface area contributed by atoms with Crippen molar-refractivity contribution in [3.63, 3.8) is 0 Å². The van der Waals surface area contributed by atoms with E-state index >= 15 is 0 Å². The van der Waals surface area contributed by atoms with Crippen molar-refractivity contribution in [2.75, 3.05) is 5.32 Å². The topological polar surface area (TPSA) is 78.0 Å². The molecule has 0 atom stereocenters. The third-order valence-electron chi connectivity index (χ3n) is 5.55. The van der Waals surface area contributed by atoms with Crippen LogP contribution in [-0.4, -0.2) is 13.7 Å². The predicted octanol–water partition coefficient (Wildman–Crippen LogP) is 3.94. The number of pyridine rings is 1. The summed E-state index contributed by atoms with van der Waals surface area (Å²) in [4.78, 5) is 39.8. The molecule has 0 aliphatic rings. The predicted molar refractivity (Wildman–Crippen MR) is 132 cm³/mol. The molecule has 2 aromatic heterocycles. The summed E-state index contributed by atoms with van der Waals surface area (Å²) in [5.41, 5.74) is 1.71. The van der Waals surface area contributed by atoms with Gasteiger partial charge in [0.25, 0.3) is 11.1 Å². The maximum absolute atomic E-state index is 13.5. The number of aromatic nitrogens is 3. The van der Waals surface area contributed by atoms with E-state index < -0.39 is 11.2 Å². The molecule has 1 N–H and O–H groups in total. The monoisotopic (exact) mass is 494 g/mol. The summed E-state index contributed by atoms with van der Waals surface area (Å²) in [6, 6.07) is 16.3. The average molecular weight is 495 g/mol. The van der Waals surface area contributed by atoms with E-state index in [1.165, 1.54) is 19.8 Å². The van der Waals surface area contributed by atoms with Crippen molar-refractivity contribution in [2.45, 2.75) is 26.8 Å². The summed E-state index contributed by atoms with van der Waals surface area (Å²) in [5.74, 6) is 0. The average Bonchev–Trinajstić information content (AvgIpc) is 2.79. The first-order valence-electron chi connectivity index (χ1n) is 10.4. The molecule has 0 unspecified atom stereocenters. The van der Waals surface area contributed by atoms with Crippen LogP contribution in [0.25, 0.3) is 16.7 Å². The Bertz CT molecular complexity index is 1500. The molecule has 0 aliphatic carbocycles. The number of halogens is 1. The molecule has 4 rings (SSSR count). The smallest absolute Gasteiger partial charge is 0.337 e. The molecule has 0 radical (unpaired) electrons. The Morgan fingerprint density at radius 3 is 2.31 bits per heavy atom. The van der Waals surface area contributed by atoms with Gasteiger partial charge in [0, 0.05) is 29.8 Å². The van der Waals surface area contributed by atoms with E-state index in [-0.39, 0.29) is 23.1 Å². The second-order valence-corrected chi connectivity index (χ2v) is 8.35. The van der Waals surface area contributed by atoms with Gasteiger partial charge in [-0.15, -0.1) is 0 Å². The standard InChI is InChI=1S/C24H23BrN4O3/c1-4-15-8-6-7-9-19(15)29-22-21(23(31)28(5-2)24(29)32)18(14-20(30)27(22)3)26-17-12-10-16(25)11-13-17/h6-14,26H,4-5H2,1-3H3. The zero-order chi connectivity index (χ0) is 23.0. The van der Waals surface area contributed by atoms with Crippen molar-refractivity contribution in [3.05, 3.63) is 95.8 Å². The molecule has 0 fully saturated rings. The maximum atomic E-state index is 13.5. The molecule has 0 bridgehead atoms. The lowest BCUT2D eigenvalue weighted by Crippen LogP contribution is -2.41. The Morgan fingerprint density at radius 2 is 1.66 bits per heavy atom. The second kappa shape index (κ2) is 8.63. The number of fused-ring (bicyclic) bond motifs is 1. The van der Waals surface area contributed by atoms with Gasteiger partial charge in [-0.1, -0.05) is 41.1 Å². The number of hydrogen-bond acceptors (Lipinski definition) is 4. The fourth-order valence-electron chi connectivity index (χ4n) is 3.90. The Hall–Kier alpha value is -3.39. The molecular weight excluding hydrogens is 472 g/mol. The Labute approximate surface area is 192 Å². The molecule has 8 heteroatoms. The molecule has 0 amide bonds. The van der Waals surface area contributed by atoms with Crippen molar-refractivity contribution in [3.8, 4) is 5.69 Å². The number of benzene rings is 2. The van der Waals surface area contributed by atoms with Crippen molar-refractivity contribution in [2.24, 2.45) is 7.05 Å². The van der Waals surface area contributed by atoms with E-state index in [1.807, 2.05) is 55.5 Å². The largest absolute Gasteiger partial charge is 0.355 e. The van der Waals surface area contributed by atoms with Gasteiger partial charge in [0.15, 0.2) is 0 Å². The van der Waals surface area contributed by atoms with E-state index in [0.29, 0.717) is 17.8 Å². The van der Waals surface area contributed by atoms with Crippen LogP contribution in [0.1, 0.15) is 19.4 Å². The number of hydrogen-bond donors (Lipinski definition) is 1. The van der Waals surface area contributed by atoms with Crippen molar-refractivity contribution in [1.29, 1.82) is 0 Å². The fraction of sp³-hybridized carbons (Fsp3) is 0.208. The lowest BCUT2D eigenvalue weighted by molar-refractivity contribution is 0.651. The van der Waals surface area contributed by atoms with Crippen LogP contribution >= 0.6 is 15.9 Å². The summed E-state index contributed by atoms with van der Waals surface area (Å²) in [5, 5.41) is 3.48. The highest BCUT2D eigenvalue weighted by Gasteiger charge is 2.21. The van der Waals surface area contributed by atoms with Crippen molar-refractivity contribution in [1.82, 2.24) is 13.7 Å². The van der Waals surface area contributed by atoms with Gasteiger partial charge >= 0.3 is 5.69 Å². The third kappa shape index (κ3) is 3.60. The first kappa shape index (κ1) is 21.8. The van der Waals surface area contributed by atoms with Crippen LogP contribution < -0.4 is 22.1 Å². The van der Waals surface area contributed by atoms with E-state index in [9.17, 15) is 14.4 Å². The number of nitrogens with zero attached hydrogens (tertiary/aromatic N) is 3. The van der Waals surface area contributed by atoms with Crippen LogP contribution in [0.15, 0.2) is 73.5 Å². The van der Waals surface area contributed by atoms with Crippen LogP contribution in [0.2, 0.25) is 0 Å². The highest BCUT2D eigenvalue weighted by Crippen LogP contribution is 2.25. The van der Waals surface area contributed by atoms with Crippen LogP contribution in [0.5, 0.6) is 0 Å². The molecule has 32 heavy (non-hydrogen) atoms. The quantitative estimate of drug-likeness (QED) is 0.455. The minimum atomic E-state index is -0.471. The zero-order valence-corrected chi connectivity index (χ0v) is 19.6. The Morgan fingerprint density at radius 1 is 0.969 bits per heavy atom. The van der Waals surface area contributed by atoms with Gasteiger partial charge in [0.1, 0.15) is 11.0 Å². The van der Waals surface area contributed by atoms with Crippen LogP contribution in [0.4, 0.5) is 11.4 Å². The Balaban J connectivity index is 2.17. The summed E-state index contributed by atoms with van der Waals surface area (Å²) >= 11 is 3.41. The van der Waals surface area contributed by atoms with Gasteiger partial charge in [-0.3, -0.25) is 18.7 Å². The second-order valence-electron chi connectivity index (χ2n) is 7.44. The molecule has 4 aromatic rings.